The molecule has 0 rings (SSSR count). The van der Waals surface area contributed by atoms with Crippen LogP contribution in [0.25, 0.3) is 0 Å². The van der Waals surface area contributed by atoms with Crippen molar-refractivity contribution in [2.75, 3.05) is 6.54 Å². The SMILES string of the molecule is CCCCCCCCCCCCCCCCCCCC(=O)NCCCCCCCCCCCCCCCCCC. The summed E-state index contributed by atoms with van der Waals surface area (Å²) >= 11 is 0. The molecule has 0 aliphatic heterocycles. The number of hydrogen-bond acceptors (Lipinski definition) is 1. The molecule has 0 saturated heterocycles. The van der Waals surface area contributed by atoms with Crippen LogP contribution in [0.15, 0.2) is 0 Å². The highest BCUT2D eigenvalue weighted by Gasteiger charge is 2.01. The summed E-state index contributed by atoms with van der Waals surface area (Å²) in [6.07, 6.45) is 46.7. The summed E-state index contributed by atoms with van der Waals surface area (Å²) in [7, 11) is 0. The van der Waals surface area contributed by atoms with Crippen LogP contribution in [0.2, 0.25) is 0 Å². The van der Waals surface area contributed by atoms with Gasteiger partial charge in [0, 0.05) is 13.0 Å². The third-order valence-electron chi connectivity index (χ3n) is 8.86. The molecular formula is C38H77NO. The molecule has 0 fully saturated rings. The Hall–Kier alpha value is -0.530. The van der Waals surface area contributed by atoms with Crippen molar-refractivity contribution in [3.8, 4) is 0 Å². The van der Waals surface area contributed by atoms with Gasteiger partial charge in [0.05, 0.1) is 0 Å². The Morgan fingerprint density at radius 1 is 0.325 bits per heavy atom. The molecule has 0 aliphatic rings. The zero-order chi connectivity index (χ0) is 29.0. The number of hydrogen-bond donors (Lipinski definition) is 1. The molecular weight excluding hydrogens is 486 g/mol. The first-order valence-electron chi connectivity index (χ1n) is 19.1. The van der Waals surface area contributed by atoms with Gasteiger partial charge in [0.2, 0.25) is 5.91 Å². The first-order valence-corrected chi connectivity index (χ1v) is 19.1. The molecule has 2 heteroatoms. The first kappa shape index (κ1) is 39.5. The van der Waals surface area contributed by atoms with Crippen molar-refractivity contribution in [3.63, 3.8) is 0 Å². The van der Waals surface area contributed by atoms with Crippen LogP contribution < -0.4 is 5.32 Å². The molecule has 240 valence electrons. The smallest absolute Gasteiger partial charge is 0.219 e. The highest BCUT2D eigenvalue weighted by atomic mass is 16.1. The van der Waals surface area contributed by atoms with Gasteiger partial charge < -0.3 is 5.32 Å². The van der Waals surface area contributed by atoms with E-state index < -0.39 is 0 Å². The topological polar surface area (TPSA) is 29.1 Å². The van der Waals surface area contributed by atoms with E-state index in [-0.39, 0.29) is 5.91 Å². The Morgan fingerprint density at radius 2 is 0.550 bits per heavy atom. The Balaban J connectivity index is 3.14. The minimum absolute atomic E-state index is 0.280. The minimum Gasteiger partial charge on any atom is -0.356 e. The summed E-state index contributed by atoms with van der Waals surface area (Å²) in [5, 5.41) is 3.15. The van der Waals surface area contributed by atoms with Crippen LogP contribution in [0.1, 0.15) is 232 Å². The molecule has 0 aromatic heterocycles. The maximum atomic E-state index is 12.1. The molecule has 2 nitrogen and oxygen atoms in total. The molecule has 40 heavy (non-hydrogen) atoms. The maximum Gasteiger partial charge on any atom is 0.219 e. The third kappa shape index (κ3) is 35.5. The lowest BCUT2D eigenvalue weighted by molar-refractivity contribution is -0.121. The van der Waals surface area contributed by atoms with Gasteiger partial charge in [0.1, 0.15) is 0 Å². The molecule has 0 spiro atoms. The van der Waals surface area contributed by atoms with E-state index in [9.17, 15) is 4.79 Å². The molecule has 0 radical (unpaired) electrons. The normalized spacial score (nSPS) is 11.3. The maximum absolute atomic E-state index is 12.1. The number of rotatable bonds is 35. The van der Waals surface area contributed by atoms with Gasteiger partial charge in [-0.1, -0.05) is 213 Å². The number of carbonyl (C=O) groups is 1. The Bertz CT molecular complexity index is 422. The molecule has 0 aromatic rings. The van der Waals surface area contributed by atoms with Gasteiger partial charge in [-0.3, -0.25) is 4.79 Å². The zero-order valence-electron chi connectivity index (χ0n) is 28.2. The fourth-order valence-electron chi connectivity index (χ4n) is 6.00. The van der Waals surface area contributed by atoms with Gasteiger partial charge in [0.25, 0.3) is 0 Å². The van der Waals surface area contributed by atoms with E-state index in [0.29, 0.717) is 0 Å². The summed E-state index contributed by atoms with van der Waals surface area (Å²) in [5.41, 5.74) is 0. The van der Waals surface area contributed by atoms with Crippen molar-refractivity contribution in [1.82, 2.24) is 5.32 Å². The van der Waals surface area contributed by atoms with Crippen LogP contribution in [0.5, 0.6) is 0 Å². The summed E-state index contributed by atoms with van der Waals surface area (Å²) in [5.74, 6) is 0.280. The summed E-state index contributed by atoms with van der Waals surface area (Å²) in [6.45, 7) is 5.48. The minimum atomic E-state index is 0.280. The predicted octanol–water partition coefficient (Wildman–Crippen LogP) is 13.4. The number of unbranched alkanes of at least 4 members (excludes halogenated alkanes) is 31. The summed E-state index contributed by atoms with van der Waals surface area (Å²) < 4.78 is 0. The zero-order valence-corrected chi connectivity index (χ0v) is 28.2. The molecule has 0 bridgehead atoms. The van der Waals surface area contributed by atoms with E-state index in [0.717, 1.165) is 25.8 Å². The van der Waals surface area contributed by atoms with E-state index >= 15 is 0 Å². The second-order valence-corrected chi connectivity index (χ2v) is 13.1. The van der Waals surface area contributed by atoms with E-state index in [1.165, 1.54) is 199 Å². The average molecular weight is 564 g/mol. The van der Waals surface area contributed by atoms with Crippen LogP contribution in [-0.2, 0) is 4.79 Å². The van der Waals surface area contributed by atoms with Crippen molar-refractivity contribution in [3.05, 3.63) is 0 Å². The fourth-order valence-corrected chi connectivity index (χ4v) is 6.00. The van der Waals surface area contributed by atoms with Gasteiger partial charge >= 0.3 is 0 Å². The van der Waals surface area contributed by atoms with Crippen molar-refractivity contribution < 1.29 is 4.79 Å². The van der Waals surface area contributed by atoms with Crippen molar-refractivity contribution in [2.24, 2.45) is 0 Å². The van der Waals surface area contributed by atoms with E-state index in [2.05, 4.69) is 19.2 Å². The Kier molecular flexibility index (Phi) is 36.0. The molecule has 1 amide bonds. The monoisotopic (exact) mass is 564 g/mol. The van der Waals surface area contributed by atoms with E-state index in [1.54, 1.807) is 0 Å². The van der Waals surface area contributed by atoms with Crippen molar-refractivity contribution >= 4 is 5.91 Å². The van der Waals surface area contributed by atoms with E-state index in [4.69, 9.17) is 0 Å². The van der Waals surface area contributed by atoms with Crippen LogP contribution >= 0.6 is 0 Å². The van der Waals surface area contributed by atoms with Gasteiger partial charge in [-0.05, 0) is 12.8 Å². The quantitative estimate of drug-likeness (QED) is 0.0763. The Labute approximate surface area is 254 Å². The third-order valence-corrected chi connectivity index (χ3v) is 8.86. The number of nitrogens with one attached hydrogen (secondary N) is 1. The second-order valence-electron chi connectivity index (χ2n) is 13.1. The van der Waals surface area contributed by atoms with Gasteiger partial charge in [-0.25, -0.2) is 0 Å². The van der Waals surface area contributed by atoms with Crippen molar-refractivity contribution in [1.29, 1.82) is 0 Å². The Morgan fingerprint density at radius 3 is 0.825 bits per heavy atom. The lowest BCUT2D eigenvalue weighted by Crippen LogP contribution is -2.23. The van der Waals surface area contributed by atoms with Crippen LogP contribution in [0, 0.1) is 0 Å². The largest absolute Gasteiger partial charge is 0.356 e. The molecule has 0 aliphatic carbocycles. The molecule has 0 aromatic carbocycles. The van der Waals surface area contributed by atoms with Gasteiger partial charge in [-0.2, -0.15) is 0 Å². The fraction of sp³-hybridized carbons (Fsp3) is 0.974. The van der Waals surface area contributed by atoms with Crippen LogP contribution in [-0.4, -0.2) is 12.5 Å². The average Bonchev–Trinajstić information content (AvgIpc) is 2.96. The van der Waals surface area contributed by atoms with Crippen LogP contribution in [0.4, 0.5) is 0 Å². The number of carbonyl (C=O) groups excluding carboxylic acids is 1. The molecule has 0 saturated carbocycles. The van der Waals surface area contributed by atoms with Crippen molar-refractivity contribution in [2.45, 2.75) is 232 Å². The molecule has 0 heterocycles. The first-order chi connectivity index (χ1) is 19.8. The highest BCUT2D eigenvalue weighted by Crippen LogP contribution is 2.15. The predicted molar refractivity (Wildman–Crippen MR) is 181 cm³/mol. The van der Waals surface area contributed by atoms with Gasteiger partial charge in [0.15, 0.2) is 0 Å². The summed E-state index contributed by atoms with van der Waals surface area (Å²) in [6, 6.07) is 0. The molecule has 1 N–H and O–H groups in total. The van der Waals surface area contributed by atoms with E-state index in [1.807, 2.05) is 0 Å². The summed E-state index contributed by atoms with van der Waals surface area (Å²) in [4.78, 5) is 12.1. The number of amides is 1. The lowest BCUT2D eigenvalue weighted by Gasteiger charge is -2.06. The lowest BCUT2D eigenvalue weighted by atomic mass is 10.0. The highest BCUT2D eigenvalue weighted by molar-refractivity contribution is 5.75. The second kappa shape index (κ2) is 36.5. The van der Waals surface area contributed by atoms with Gasteiger partial charge in [-0.15, -0.1) is 0 Å². The molecule has 0 atom stereocenters. The molecule has 0 unspecified atom stereocenters. The van der Waals surface area contributed by atoms with Crippen LogP contribution in [0.3, 0.4) is 0 Å². The standard InChI is InChI=1S/C38H77NO/c1-3-5-7-9-11-13-15-17-19-21-22-24-26-28-30-32-34-36-38(40)39-37-35-33-31-29-27-25-23-20-18-16-14-12-10-8-6-4-2/h3-37H2,1-2H3,(H,39,40).